The molecule has 3 aromatic rings. The van der Waals surface area contributed by atoms with Crippen molar-refractivity contribution in [3.05, 3.63) is 52.5 Å². The second-order valence-electron chi connectivity index (χ2n) is 4.72. The van der Waals surface area contributed by atoms with Gasteiger partial charge in [-0.3, -0.25) is 9.78 Å². The molecule has 2 heterocycles. The summed E-state index contributed by atoms with van der Waals surface area (Å²) in [5.74, 6) is 0.226. The molecule has 1 aromatic heterocycles. The SMILES string of the molecule is O=C(Nc1cccc2[nH]c(=O)oc12)c1ccc2c(c1)OCO2. The molecule has 4 rings (SSSR count). The Kier molecular flexibility index (Phi) is 2.65. The van der Waals surface area contributed by atoms with Gasteiger partial charge in [-0.2, -0.15) is 0 Å². The molecular weight excluding hydrogens is 288 g/mol. The number of oxazole rings is 1. The van der Waals surface area contributed by atoms with Gasteiger partial charge in [0.1, 0.15) is 0 Å². The Morgan fingerprint density at radius 1 is 1.14 bits per heavy atom. The van der Waals surface area contributed by atoms with Crippen molar-refractivity contribution in [3.8, 4) is 11.5 Å². The number of carbonyl (C=O) groups is 1. The summed E-state index contributed by atoms with van der Waals surface area (Å²) in [4.78, 5) is 26.1. The molecule has 1 amide bonds. The number of amides is 1. The minimum Gasteiger partial charge on any atom is -0.454 e. The van der Waals surface area contributed by atoms with E-state index in [4.69, 9.17) is 13.9 Å². The van der Waals surface area contributed by atoms with E-state index in [9.17, 15) is 9.59 Å². The third-order valence-corrected chi connectivity index (χ3v) is 3.33. The zero-order valence-electron chi connectivity index (χ0n) is 11.2. The highest BCUT2D eigenvalue weighted by Gasteiger charge is 2.17. The lowest BCUT2D eigenvalue weighted by atomic mass is 10.2. The zero-order valence-corrected chi connectivity index (χ0v) is 11.2. The van der Waals surface area contributed by atoms with Gasteiger partial charge in [0.2, 0.25) is 6.79 Å². The van der Waals surface area contributed by atoms with Crippen molar-refractivity contribution in [2.24, 2.45) is 0 Å². The van der Waals surface area contributed by atoms with Crippen molar-refractivity contribution in [3.63, 3.8) is 0 Å². The first kappa shape index (κ1) is 12.5. The smallest absolute Gasteiger partial charge is 0.417 e. The number of aromatic nitrogens is 1. The number of rotatable bonds is 2. The maximum atomic E-state index is 12.3. The molecular formula is C15H10N2O5. The predicted octanol–water partition coefficient (Wildman–Crippen LogP) is 2.10. The minimum atomic E-state index is -0.570. The van der Waals surface area contributed by atoms with Crippen LogP contribution in [0.1, 0.15) is 10.4 Å². The van der Waals surface area contributed by atoms with Crippen molar-refractivity contribution in [2.75, 3.05) is 12.1 Å². The standard InChI is InChI=1S/C15H10N2O5/c18-14(8-4-5-11-12(6-8)21-7-20-11)16-9-2-1-3-10-13(9)22-15(19)17-10/h1-6H,7H2,(H,16,18)(H,17,19). The molecule has 0 unspecified atom stereocenters. The van der Waals surface area contributed by atoms with E-state index < -0.39 is 5.76 Å². The number of benzene rings is 2. The van der Waals surface area contributed by atoms with E-state index in [1.54, 1.807) is 36.4 Å². The average Bonchev–Trinajstić information content (AvgIpc) is 3.12. The van der Waals surface area contributed by atoms with Gasteiger partial charge in [0.25, 0.3) is 5.91 Å². The summed E-state index contributed by atoms with van der Waals surface area (Å²) < 4.78 is 15.5. The van der Waals surface area contributed by atoms with E-state index in [0.29, 0.717) is 33.8 Å². The van der Waals surface area contributed by atoms with E-state index in [-0.39, 0.29) is 12.7 Å². The summed E-state index contributed by atoms with van der Waals surface area (Å²) in [6.07, 6.45) is 0. The topological polar surface area (TPSA) is 93.6 Å². The van der Waals surface area contributed by atoms with Crippen LogP contribution in [-0.2, 0) is 0 Å². The fraction of sp³-hybridized carbons (Fsp3) is 0.0667. The van der Waals surface area contributed by atoms with E-state index in [0.717, 1.165) is 0 Å². The molecule has 0 bridgehead atoms. The number of hydrogen-bond donors (Lipinski definition) is 2. The molecule has 7 heteroatoms. The van der Waals surface area contributed by atoms with E-state index in [2.05, 4.69) is 10.3 Å². The molecule has 0 spiro atoms. The highest BCUT2D eigenvalue weighted by Crippen LogP contribution is 2.32. The van der Waals surface area contributed by atoms with Crippen LogP contribution in [0.4, 0.5) is 5.69 Å². The Morgan fingerprint density at radius 2 is 2.00 bits per heavy atom. The van der Waals surface area contributed by atoms with Gasteiger partial charge in [-0.25, -0.2) is 4.79 Å². The highest BCUT2D eigenvalue weighted by atomic mass is 16.7. The van der Waals surface area contributed by atoms with Crippen LogP contribution in [0.2, 0.25) is 0 Å². The van der Waals surface area contributed by atoms with Gasteiger partial charge in [0.15, 0.2) is 17.1 Å². The lowest BCUT2D eigenvalue weighted by Crippen LogP contribution is -2.11. The molecule has 2 aromatic carbocycles. The molecule has 0 saturated heterocycles. The van der Waals surface area contributed by atoms with Crippen LogP contribution in [-0.4, -0.2) is 17.7 Å². The fourth-order valence-corrected chi connectivity index (χ4v) is 2.30. The average molecular weight is 298 g/mol. The van der Waals surface area contributed by atoms with Crippen LogP contribution >= 0.6 is 0 Å². The summed E-state index contributed by atoms with van der Waals surface area (Å²) >= 11 is 0. The molecule has 0 saturated carbocycles. The summed E-state index contributed by atoms with van der Waals surface area (Å²) in [6.45, 7) is 0.147. The maximum absolute atomic E-state index is 12.3. The van der Waals surface area contributed by atoms with Crippen LogP contribution in [0.5, 0.6) is 11.5 Å². The number of H-pyrrole nitrogens is 1. The number of nitrogens with one attached hydrogen (secondary N) is 2. The van der Waals surface area contributed by atoms with Crippen LogP contribution in [0.3, 0.4) is 0 Å². The molecule has 0 aliphatic carbocycles. The second-order valence-corrected chi connectivity index (χ2v) is 4.72. The monoisotopic (exact) mass is 298 g/mol. The summed E-state index contributed by atoms with van der Waals surface area (Å²) in [5.41, 5.74) is 1.66. The van der Waals surface area contributed by atoms with E-state index >= 15 is 0 Å². The highest BCUT2D eigenvalue weighted by molar-refractivity contribution is 6.07. The first-order valence-corrected chi connectivity index (χ1v) is 6.53. The van der Waals surface area contributed by atoms with E-state index in [1.807, 2.05) is 0 Å². The molecule has 2 N–H and O–H groups in total. The lowest BCUT2D eigenvalue weighted by Gasteiger charge is -2.06. The molecule has 0 fully saturated rings. The number of carbonyl (C=O) groups excluding carboxylic acids is 1. The van der Waals surface area contributed by atoms with Gasteiger partial charge in [-0.05, 0) is 30.3 Å². The Morgan fingerprint density at radius 3 is 2.91 bits per heavy atom. The second kappa shape index (κ2) is 4.66. The van der Waals surface area contributed by atoms with Crippen LogP contribution in [0.25, 0.3) is 11.1 Å². The van der Waals surface area contributed by atoms with Crippen LogP contribution in [0.15, 0.2) is 45.6 Å². The lowest BCUT2D eigenvalue weighted by molar-refractivity contribution is 0.102. The Hall–Kier alpha value is -3.22. The maximum Gasteiger partial charge on any atom is 0.417 e. The van der Waals surface area contributed by atoms with Gasteiger partial charge in [0, 0.05) is 5.56 Å². The Balaban J connectivity index is 1.67. The summed E-state index contributed by atoms with van der Waals surface area (Å²) in [6, 6.07) is 9.97. The molecule has 1 aliphatic heterocycles. The molecule has 110 valence electrons. The van der Waals surface area contributed by atoms with Gasteiger partial charge < -0.3 is 19.2 Å². The van der Waals surface area contributed by atoms with Gasteiger partial charge in [-0.15, -0.1) is 0 Å². The van der Waals surface area contributed by atoms with Crippen molar-refractivity contribution < 1.29 is 18.7 Å². The largest absolute Gasteiger partial charge is 0.454 e. The molecule has 0 radical (unpaired) electrons. The molecule has 0 atom stereocenters. The van der Waals surface area contributed by atoms with Crippen molar-refractivity contribution >= 4 is 22.7 Å². The first-order valence-electron chi connectivity index (χ1n) is 6.53. The van der Waals surface area contributed by atoms with Crippen molar-refractivity contribution in [1.29, 1.82) is 0 Å². The normalized spacial score (nSPS) is 12.5. The number of ether oxygens (including phenoxy) is 2. The predicted molar refractivity (Wildman–Crippen MR) is 77.4 cm³/mol. The Labute approximate surface area is 123 Å². The first-order chi connectivity index (χ1) is 10.7. The third-order valence-electron chi connectivity index (χ3n) is 3.33. The van der Waals surface area contributed by atoms with Gasteiger partial charge in [-0.1, -0.05) is 6.07 Å². The van der Waals surface area contributed by atoms with E-state index in [1.165, 1.54) is 0 Å². The van der Waals surface area contributed by atoms with Crippen LogP contribution < -0.4 is 20.5 Å². The fourth-order valence-electron chi connectivity index (χ4n) is 2.30. The molecule has 1 aliphatic rings. The number of hydrogen-bond acceptors (Lipinski definition) is 5. The number of aromatic amines is 1. The van der Waals surface area contributed by atoms with Crippen LogP contribution in [0, 0.1) is 0 Å². The third kappa shape index (κ3) is 1.99. The number of anilines is 1. The zero-order chi connectivity index (χ0) is 15.1. The van der Waals surface area contributed by atoms with Gasteiger partial charge >= 0.3 is 5.76 Å². The minimum absolute atomic E-state index is 0.147. The molecule has 7 nitrogen and oxygen atoms in total. The van der Waals surface area contributed by atoms with Crippen molar-refractivity contribution in [2.45, 2.75) is 0 Å². The number of fused-ring (bicyclic) bond motifs is 2. The molecule has 22 heavy (non-hydrogen) atoms. The quantitative estimate of drug-likeness (QED) is 0.755. The number of para-hydroxylation sites is 1. The Bertz CT molecular complexity index is 941. The summed E-state index contributed by atoms with van der Waals surface area (Å²) in [7, 11) is 0. The van der Waals surface area contributed by atoms with Crippen molar-refractivity contribution in [1.82, 2.24) is 4.98 Å². The summed E-state index contributed by atoms with van der Waals surface area (Å²) in [5, 5.41) is 2.72. The van der Waals surface area contributed by atoms with Gasteiger partial charge in [0.05, 0.1) is 11.2 Å².